The van der Waals surface area contributed by atoms with Crippen LogP contribution >= 0.6 is 27.5 Å². The molecule has 0 aliphatic rings. The zero-order chi connectivity index (χ0) is 7.84. The third kappa shape index (κ3) is 1.04. The summed E-state index contributed by atoms with van der Waals surface area (Å²) in [5.74, 6) is 0. The molecule has 0 spiro atoms. The lowest BCUT2D eigenvalue weighted by Crippen LogP contribution is -1.72. The van der Waals surface area contributed by atoms with Crippen LogP contribution in [0.2, 0.25) is 5.02 Å². The van der Waals surface area contributed by atoms with E-state index in [-0.39, 0.29) is 0 Å². The second kappa shape index (κ2) is 2.50. The number of rotatable bonds is 0. The number of nitrogens with one attached hydrogen (secondary N) is 1. The van der Waals surface area contributed by atoms with E-state index < -0.39 is 0 Å². The van der Waals surface area contributed by atoms with Crippen LogP contribution in [0.4, 0.5) is 0 Å². The predicted octanol–water partition coefficient (Wildman–Crippen LogP) is 2.98. The fourth-order valence-corrected chi connectivity index (χ4v) is 1.48. The van der Waals surface area contributed by atoms with Crippen LogP contribution < -0.4 is 0 Å². The summed E-state index contributed by atoms with van der Waals surface area (Å²) in [7, 11) is 0. The van der Waals surface area contributed by atoms with E-state index in [2.05, 4.69) is 25.9 Å². The van der Waals surface area contributed by atoms with Gasteiger partial charge in [0, 0.05) is 4.47 Å². The number of H-pyrrole nitrogens is 1. The molecule has 0 aliphatic heterocycles. The molecule has 0 fully saturated rings. The third-order valence-electron chi connectivity index (χ3n) is 1.48. The lowest BCUT2D eigenvalue weighted by atomic mass is 10.3. The van der Waals surface area contributed by atoms with Crippen molar-refractivity contribution < 1.29 is 0 Å². The van der Waals surface area contributed by atoms with Crippen molar-refractivity contribution >= 4 is 38.6 Å². The number of aromatic nitrogens is 2. The van der Waals surface area contributed by atoms with Crippen molar-refractivity contribution in [2.75, 3.05) is 0 Å². The summed E-state index contributed by atoms with van der Waals surface area (Å²) >= 11 is 9.25. The highest BCUT2D eigenvalue weighted by Crippen LogP contribution is 2.28. The van der Waals surface area contributed by atoms with E-state index in [0.717, 1.165) is 15.5 Å². The van der Waals surface area contributed by atoms with Crippen LogP contribution in [0, 0.1) is 0 Å². The zero-order valence-corrected chi connectivity index (χ0v) is 7.78. The van der Waals surface area contributed by atoms with Crippen LogP contribution in [0.25, 0.3) is 11.0 Å². The lowest BCUT2D eigenvalue weighted by Gasteiger charge is -1.94. The van der Waals surface area contributed by atoms with Crippen LogP contribution in [-0.4, -0.2) is 9.97 Å². The van der Waals surface area contributed by atoms with Crippen LogP contribution in [0.3, 0.4) is 0 Å². The van der Waals surface area contributed by atoms with E-state index >= 15 is 0 Å². The molecule has 2 rings (SSSR count). The van der Waals surface area contributed by atoms with Gasteiger partial charge >= 0.3 is 0 Å². The Labute approximate surface area is 76.7 Å². The first-order valence-corrected chi connectivity index (χ1v) is 4.23. The van der Waals surface area contributed by atoms with Crippen molar-refractivity contribution in [1.29, 1.82) is 0 Å². The zero-order valence-electron chi connectivity index (χ0n) is 5.44. The quantitative estimate of drug-likeness (QED) is 0.742. The van der Waals surface area contributed by atoms with E-state index in [9.17, 15) is 0 Å². The highest BCUT2D eigenvalue weighted by molar-refractivity contribution is 9.10. The Hall–Kier alpha value is -0.540. The molecule has 0 unspecified atom stereocenters. The van der Waals surface area contributed by atoms with E-state index in [1.54, 1.807) is 6.33 Å². The van der Waals surface area contributed by atoms with Crippen LogP contribution in [-0.2, 0) is 0 Å². The molecule has 2 aromatic rings. The summed E-state index contributed by atoms with van der Waals surface area (Å²) in [6.07, 6.45) is 1.63. The Balaban J connectivity index is 2.93. The van der Waals surface area contributed by atoms with Gasteiger partial charge in [-0.25, -0.2) is 4.98 Å². The number of fused-ring (bicyclic) bond motifs is 1. The minimum atomic E-state index is 0.656. The topological polar surface area (TPSA) is 28.7 Å². The maximum Gasteiger partial charge on any atom is 0.108 e. The van der Waals surface area contributed by atoms with Gasteiger partial charge in [0.15, 0.2) is 0 Å². The second-order valence-electron chi connectivity index (χ2n) is 2.16. The first kappa shape index (κ1) is 7.13. The number of aromatic amines is 1. The fourth-order valence-electron chi connectivity index (χ4n) is 0.949. The van der Waals surface area contributed by atoms with Gasteiger partial charge in [-0.1, -0.05) is 11.6 Å². The number of imidazole rings is 1. The Morgan fingerprint density at radius 3 is 3.09 bits per heavy atom. The van der Waals surface area contributed by atoms with Gasteiger partial charge < -0.3 is 4.98 Å². The molecule has 0 bridgehead atoms. The van der Waals surface area contributed by atoms with Gasteiger partial charge in [0.05, 0.1) is 16.9 Å². The summed E-state index contributed by atoms with van der Waals surface area (Å²) in [4.78, 5) is 7.03. The summed E-state index contributed by atoms with van der Waals surface area (Å²) in [5.41, 5.74) is 1.76. The standard InChI is InChI=1S/C7H4BrClN2/c8-4-1-2-5-7(6(4)9)11-3-10-5/h1-3H,(H,10,11). The molecule has 0 saturated heterocycles. The molecule has 1 heterocycles. The van der Waals surface area contributed by atoms with Gasteiger partial charge in [0.2, 0.25) is 0 Å². The van der Waals surface area contributed by atoms with E-state index in [4.69, 9.17) is 11.6 Å². The average molecular weight is 231 g/mol. The Morgan fingerprint density at radius 2 is 2.27 bits per heavy atom. The molecule has 11 heavy (non-hydrogen) atoms. The van der Waals surface area contributed by atoms with Crippen LogP contribution in [0.5, 0.6) is 0 Å². The molecule has 1 aromatic heterocycles. The SMILES string of the molecule is Clc1c(Br)ccc2[nH]cnc12. The third-order valence-corrected chi connectivity index (χ3v) is 2.75. The molecular weight excluding hydrogens is 227 g/mol. The molecule has 0 atom stereocenters. The lowest BCUT2D eigenvalue weighted by molar-refractivity contribution is 1.34. The van der Waals surface area contributed by atoms with Crippen LogP contribution in [0.15, 0.2) is 22.9 Å². The molecular formula is C7H4BrClN2. The van der Waals surface area contributed by atoms with Gasteiger partial charge in [-0.3, -0.25) is 0 Å². The molecule has 0 aliphatic carbocycles. The summed E-state index contributed by atoms with van der Waals surface area (Å²) in [6, 6.07) is 3.82. The van der Waals surface area contributed by atoms with Crippen LogP contribution in [0.1, 0.15) is 0 Å². The molecule has 0 amide bonds. The second-order valence-corrected chi connectivity index (χ2v) is 3.39. The normalized spacial score (nSPS) is 10.7. The van der Waals surface area contributed by atoms with Crippen molar-refractivity contribution in [3.8, 4) is 0 Å². The predicted molar refractivity (Wildman–Crippen MR) is 48.8 cm³/mol. The molecule has 0 saturated carbocycles. The van der Waals surface area contributed by atoms with Crippen molar-refractivity contribution in [3.63, 3.8) is 0 Å². The van der Waals surface area contributed by atoms with Crippen molar-refractivity contribution in [1.82, 2.24) is 9.97 Å². The molecule has 2 nitrogen and oxygen atoms in total. The Bertz CT molecular complexity index is 396. The highest BCUT2D eigenvalue weighted by Gasteiger charge is 2.03. The number of benzene rings is 1. The summed E-state index contributed by atoms with van der Waals surface area (Å²) in [6.45, 7) is 0. The molecule has 56 valence electrons. The first-order chi connectivity index (χ1) is 5.29. The maximum atomic E-state index is 5.94. The van der Waals surface area contributed by atoms with E-state index in [0.29, 0.717) is 5.02 Å². The molecule has 4 heteroatoms. The fraction of sp³-hybridized carbons (Fsp3) is 0. The van der Waals surface area contributed by atoms with Crippen molar-refractivity contribution in [3.05, 3.63) is 28.0 Å². The number of nitrogens with zero attached hydrogens (tertiary/aromatic N) is 1. The van der Waals surface area contributed by atoms with Gasteiger partial charge in [-0.05, 0) is 28.1 Å². The van der Waals surface area contributed by atoms with E-state index in [1.807, 2.05) is 12.1 Å². The van der Waals surface area contributed by atoms with Gasteiger partial charge in [0.25, 0.3) is 0 Å². The highest BCUT2D eigenvalue weighted by atomic mass is 79.9. The van der Waals surface area contributed by atoms with E-state index in [1.165, 1.54) is 0 Å². The summed E-state index contributed by atoms with van der Waals surface area (Å²) in [5, 5.41) is 0.656. The Morgan fingerprint density at radius 1 is 1.45 bits per heavy atom. The minimum absolute atomic E-state index is 0.656. The molecule has 1 N–H and O–H groups in total. The molecule has 0 radical (unpaired) electrons. The monoisotopic (exact) mass is 230 g/mol. The molecule has 1 aromatic carbocycles. The Kier molecular flexibility index (Phi) is 1.62. The maximum absolute atomic E-state index is 5.94. The number of halogens is 2. The number of hydrogen-bond acceptors (Lipinski definition) is 1. The number of hydrogen-bond donors (Lipinski definition) is 1. The van der Waals surface area contributed by atoms with Gasteiger partial charge in [0.1, 0.15) is 5.52 Å². The minimum Gasteiger partial charge on any atom is -0.345 e. The van der Waals surface area contributed by atoms with Crippen molar-refractivity contribution in [2.24, 2.45) is 0 Å². The largest absolute Gasteiger partial charge is 0.345 e. The summed E-state index contributed by atoms with van der Waals surface area (Å²) < 4.78 is 0.874. The smallest absolute Gasteiger partial charge is 0.108 e. The first-order valence-electron chi connectivity index (χ1n) is 3.06. The van der Waals surface area contributed by atoms with Gasteiger partial charge in [-0.2, -0.15) is 0 Å². The average Bonchev–Trinajstić information content (AvgIpc) is 2.45. The van der Waals surface area contributed by atoms with Gasteiger partial charge in [-0.15, -0.1) is 0 Å². The van der Waals surface area contributed by atoms with Crippen molar-refractivity contribution in [2.45, 2.75) is 0 Å².